The molecule has 6 atom stereocenters. The minimum atomic E-state index is -4.14. The van der Waals surface area contributed by atoms with E-state index in [1.54, 1.807) is 55.8 Å². The van der Waals surface area contributed by atoms with E-state index in [4.69, 9.17) is 24.2 Å². The highest BCUT2D eigenvalue weighted by Crippen LogP contribution is 2.70. The average Bonchev–Trinajstić information content (AvgIpc) is 3.61. The zero-order valence-corrected chi connectivity index (χ0v) is 37.3. The Hall–Kier alpha value is -5.05. The summed E-state index contributed by atoms with van der Waals surface area (Å²) < 4.78 is 32.3. The number of benzene rings is 1. The van der Waals surface area contributed by atoms with Gasteiger partial charge in [-0.05, 0) is 75.6 Å². The van der Waals surface area contributed by atoms with Crippen molar-refractivity contribution in [3.8, 4) is 22.9 Å². The van der Waals surface area contributed by atoms with Crippen LogP contribution in [0.2, 0.25) is 0 Å². The van der Waals surface area contributed by atoms with Gasteiger partial charge in [-0.3, -0.25) is 19.1 Å². The molecule has 0 bridgehead atoms. The number of thiazole rings is 1. The number of carbonyl (C=O) groups is 3. The Morgan fingerprint density at radius 1 is 1.10 bits per heavy atom. The molecule has 3 aliphatic rings. The van der Waals surface area contributed by atoms with Gasteiger partial charge >= 0.3 is 6.09 Å². The van der Waals surface area contributed by atoms with E-state index >= 15 is 0 Å². The maximum absolute atomic E-state index is 14.9. The molecule has 7 rings (SSSR count). The Kier molecular flexibility index (Phi) is 12.8. The van der Waals surface area contributed by atoms with Crippen LogP contribution in [0.15, 0.2) is 66.7 Å². The number of pyridine rings is 2. The number of ether oxygens (including phenoxy) is 3. The van der Waals surface area contributed by atoms with Crippen LogP contribution in [-0.2, 0) is 25.1 Å². The third kappa shape index (κ3) is 9.71. The predicted molar refractivity (Wildman–Crippen MR) is 235 cm³/mol. The molecule has 1 saturated heterocycles. The molecule has 4 aromatic rings. The maximum atomic E-state index is 14.9. The minimum absolute atomic E-state index is 0.0279. The van der Waals surface area contributed by atoms with Gasteiger partial charge in [0.2, 0.25) is 19.2 Å². The van der Waals surface area contributed by atoms with E-state index in [1.165, 1.54) is 16.2 Å². The molecule has 1 aromatic carbocycles. The maximum Gasteiger partial charge on any atom is 0.408 e. The van der Waals surface area contributed by atoms with E-state index in [-0.39, 0.29) is 37.7 Å². The molecule has 4 heterocycles. The smallest absolute Gasteiger partial charge is 0.408 e. The monoisotopic (exact) mass is 873 g/mol. The molecule has 2 saturated carbocycles. The summed E-state index contributed by atoms with van der Waals surface area (Å²) >= 11 is 1.46. The lowest BCUT2D eigenvalue weighted by atomic mass is 9.85. The first-order chi connectivity index (χ1) is 29.0. The summed E-state index contributed by atoms with van der Waals surface area (Å²) in [5.41, 5.74) is 1.40. The Bertz CT molecular complexity index is 2310. The lowest BCUT2D eigenvalue weighted by Crippen LogP contribution is -2.58. The van der Waals surface area contributed by atoms with Crippen molar-refractivity contribution >= 4 is 52.6 Å². The number of rotatable bonds is 15. The molecule has 1 unspecified atom stereocenters. The Morgan fingerprint density at radius 2 is 1.87 bits per heavy atom. The minimum Gasteiger partial charge on any atom is -0.497 e. The summed E-state index contributed by atoms with van der Waals surface area (Å²) in [5, 5.41) is 10.9. The van der Waals surface area contributed by atoms with Gasteiger partial charge in [0.25, 0.3) is 0 Å². The predicted octanol–water partition coefficient (Wildman–Crippen LogP) is 7.50. The number of aromatic nitrogens is 3. The van der Waals surface area contributed by atoms with Gasteiger partial charge in [0.05, 0.1) is 36.7 Å². The third-order valence-electron chi connectivity index (χ3n) is 11.6. The van der Waals surface area contributed by atoms with Crippen molar-refractivity contribution in [2.24, 2.45) is 11.3 Å². The van der Waals surface area contributed by atoms with Crippen molar-refractivity contribution < 1.29 is 38.1 Å². The van der Waals surface area contributed by atoms with Gasteiger partial charge in [-0.2, -0.15) is 0 Å². The number of carbonyl (C=O) groups excluding carboxylic acids is 3. The topological polar surface area (TPSA) is 194 Å². The molecular weight excluding hydrogens is 818 g/mol. The zero-order valence-electron chi connectivity index (χ0n) is 35.6. The van der Waals surface area contributed by atoms with E-state index in [0.717, 1.165) is 30.8 Å². The van der Waals surface area contributed by atoms with Crippen LogP contribution in [0.4, 0.5) is 9.93 Å². The molecule has 15 nitrogen and oxygen atoms in total. The Labute approximate surface area is 360 Å². The average molecular weight is 874 g/mol. The van der Waals surface area contributed by atoms with Crippen LogP contribution in [0.3, 0.4) is 0 Å². The van der Waals surface area contributed by atoms with E-state index in [9.17, 15) is 23.8 Å². The summed E-state index contributed by atoms with van der Waals surface area (Å²) in [6.07, 6.45) is 4.90. The van der Waals surface area contributed by atoms with Crippen molar-refractivity contribution in [2.45, 2.75) is 115 Å². The summed E-state index contributed by atoms with van der Waals surface area (Å²) in [5.74, 6) is -0.549. The number of anilines is 1. The number of amides is 3. The molecule has 3 amide bonds. The zero-order chi connectivity index (χ0) is 43.7. The molecule has 0 radical (unpaired) electrons. The lowest BCUT2D eigenvalue weighted by Gasteiger charge is -2.36. The Morgan fingerprint density at radius 3 is 2.52 bits per heavy atom. The summed E-state index contributed by atoms with van der Waals surface area (Å²) in [6, 6.07) is 10.3. The third-order valence-corrected chi connectivity index (χ3v) is 15.0. The first-order valence-electron chi connectivity index (χ1n) is 20.8. The largest absolute Gasteiger partial charge is 0.497 e. The van der Waals surface area contributed by atoms with Crippen LogP contribution in [-0.4, -0.2) is 91.9 Å². The summed E-state index contributed by atoms with van der Waals surface area (Å²) in [4.78, 5) is 69.9. The van der Waals surface area contributed by atoms with Gasteiger partial charge in [0.15, 0.2) is 5.13 Å². The van der Waals surface area contributed by atoms with E-state index in [0.29, 0.717) is 39.5 Å². The SMILES string of the molecule is C=C[C@@H]1C[C@]1(NC(=O)[C@@H]1C[C@@H](Oc2cc(-c3csc(NC(C)C)n3)nc3cc(OC)ccc23)CN1C(=O)[C@@H](NC(=O)OC1CCCC1)C(C)(C)C)P(=O)(O)Cc1ccccn1. The highest BCUT2D eigenvalue weighted by Gasteiger charge is 2.66. The molecule has 4 N–H and O–H groups in total. The number of nitrogens with zero attached hydrogens (tertiary/aromatic N) is 4. The van der Waals surface area contributed by atoms with Gasteiger partial charge in [0, 0.05) is 47.5 Å². The van der Waals surface area contributed by atoms with Crippen LogP contribution in [0.5, 0.6) is 11.5 Å². The molecule has 2 aliphatic carbocycles. The quantitative estimate of drug-likeness (QED) is 0.0680. The van der Waals surface area contributed by atoms with Gasteiger partial charge in [-0.1, -0.05) is 32.9 Å². The second kappa shape index (κ2) is 17.7. The van der Waals surface area contributed by atoms with E-state index in [1.807, 2.05) is 46.1 Å². The normalized spacial score (nSPS) is 23.0. The standard InChI is InChI=1S/C44H56N7O8PS/c1-8-27-22-44(27,60(55,56)24-28-13-11-12-18-45-28)50-39(52)36-20-31(23-51(36)40(53)38(43(4,5)6)49-42(54)59-29-14-9-10-15-29)58-37-21-34(35-25-61-41(48-35)46-26(2)3)47-33-19-30(57-7)16-17-32(33)37/h8,11-13,16-19,21,25-27,29,31,36,38H,1,9-10,14-15,20,22-24H2,2-7H3,(H,46,48)(H,49,54)(H,50,52)(H,55,56)/t27-,31-,36+,38-,44+/m1/s1. The van der Waals surface area contributed by atoms with Crippen LogP contribution in [0.25, 0.3) is 22.3 Å². The molecule has 3 fully saturated rings. The van der Waals surface area contributed by atoms with Crippen molar-refractivity contribution in [2.75, 3.05) is 19.0 Å². The number of nitrogens with one attached hydrogen (secondary N) is 3. The molecule has 0 spiro atoms. The van der Waals surface area contributed by atoms with E-state index in [2.05, 4.69) is 27.5 Å². The first kappa shape index (κ1) is 44.0. The van der Waals surface area contributed by atoms with Crippen LogP contribution in [0.1, 0.15) is 78.8 Å². The second-order valence-corrected chi connectivity index (χ2v) is 21.0. The number of hydrogen-bond acceptors (Lipinski definition) is 12. The molecular formula is C44H56N7O8PS. The first-order valence-corrected chi connectivity index (χ1v) is 23.5. The van der Waals surface area contributed by atoms with Crippen molar-refractivity contribution in [3.63, 3.8) is 0 Å². The molecule has 326 valence electrons. The van der Waals surface area contributed by atoms with Gasteiger partial charge in [-0.25, -0.2) is 14.8 Å². The number of alkyl carbamates (subject to hydrolysis) is 1. The van der Waals surface area contributed by atoms with Gasteiger partial charge < -0.3 is 40.0 Å². The second-order valence-electron chi connectivity index (χ2n) is 17.6. The number of likely N-dealkylation sites (tertiary alicyclic amines) is 1. The molecule has 1 aliphatic heterocycles. The summed E-state index contributed by atoms with van der Waals surface area (Å²) in [7, 11) is -2.57. The molecule has 61 heavy (non-hydrogen) atoms. The van der Waals surface area contributed by atoms with Crippen molar-refractivity contribution in [3.05, 3.63) is 72.4 Å². The van der Waals surface area contributed by atoms with Gasteiger partial charge in [-0.15, -0.1) is 17.9 Å². The highest BCUT2D eigenvalue weighted by atomic mass is 32.1. The highest BCUT2D eigenvalue weighted by molar-refractivity contribution is 7.59. The van der Waals surface area contributed by atoms with E-state index < -0.39 is 60.1 Å². The molecule has 17 heteroatoms. The molecule has 3 aromatic heterocycles. The number of methoxy groups -OCH3 is 1. The van der Waals surface area contributed by atoms with Crippen LogP contribution in [0, 0.1) is 11.3 Å². The fourth-order valence-electron chi connectivity index (χ4n) is 8.25. The number of hydrogen-bond donors (Lipinski definition) is 4. The summed E-state index contributed by atoms with van der Waals surface area (Å²) in [6.45, 7) is 13.4. The fraction of sp³-hybridized carbons (Fsp3) is 0.500. The lowest BCUT2D eigenvalue weighted by molar-refractivity contribution is -0.142. The van der Waals surface area contributed by atoms with Crippen LogP contribution < -0.4 is 25.4 Å². The fourth-order valence-corrected chi connectivity index (χ4v) is 11.4. The van der Waals surface area contributed by atoms with Crippen LogP contribution >= 0.6 is 18.7 Å². The number of fused-ring (bicyclic) bond motifs is 1. The van der Waals surface area contributed by atoms with Crippen molar-refractivity contribution in [1.82, 2.24) is 30.5 Å². The van der Waals surface area contributed by atoms with Gasteiger partial charge in [0.1, 0.15) is 46.8 Å². The Balaban J connectivity index is 1.22. The van der Waals surface area contributed by atoms with Crippen molar-refractivity contribution in [1.29, 1.82) is 0 Å².